The number of nitrogens with zero attached hydrogens (tertiary/aromatic N) is 1. The second-order valence-corrected chi connectivity index (χ2v) is 16.9. The van der Waals surface area contributed by atoms with E-state index in [4.69, 9.17) is 37.9 Å². The van der Waals surface area contributed by atoms with E-state index in [-0.39, 0.29) is 34.4 Å². The Morgan fingerprint density at radius 2 is 1.17 bits per heavy atom. The van der Waals surface area contributed by atoms with Gasteiger partial charge in [0.15, 0.2) is 35.9 Å². The Morgan fingerprint density at radius 3 is 1.73 bits per heavy atom. The van der Waals surface area contributed by atoms with E-state index >= 15 is 0 Å². The first-order valence-electron chi connectivity index (χ1n) is 21.8. The fraction of sp³-hybridized carbons (Fsp3) is 0.288. The topological polar surface area (TPSA) is 162 Å². The number of ether oxygens (including phenoxy) is 8. The Morgan fingerprint density at radius 1 is 0.636 bits per heavy atom. The number of esters is 5. The summed E-state index contributed by atoms with van der Waals surface area (Å²) in [6.45, 7) is 0.724. The third-order valence-electron chi connectivity index (χ3n) is 13.3. The molecule has 10 rings (SSSR count). The highest BCUT2D eigenvalue weighted by Gasteiger charge is 2.66. The van der Waals surface area contributed by atoms with Crippen molar-refractivity contribution in [3.63, 3.8) is 0 Å². The van der Waals surface area contributed by atoms with Gasteiger partial charge in [-0.2, -0.15) is 0 Å². The second-order valence-electron chi connectivity index (χ2n) is 16.9. The Hall–Kier alpha value is -7.13. The molecular formula is C52H45NO13. The number of methoxy groups -OCH3 is 1. The van der Waals surface area contributed by atoms with Gasteiger partial charge in [0.05, 0.1) is 29.4 Å². The zero-order chi connectivity index (χ0) is 45.5. The standard InChI is InChI=1S/C52H45NO13/c1-53-28-27-52-35-24-26-38(45(52)62-40-37(25-23-34(39(40)52)29-36(35)53)60-46(54)30-15-7-3-8-16-30)61-51-44(65-49(57)33-21-13-6-14-22-33)42(64-48(56)32-19-11-5-12-20-32)41(43(66-51)50(58)59-2)63-47(55)31-17-9-4-10-18-31/h3-26,35-36,38,41-45,51H,27-29H2,1-2H3/t35-,36+,38-,41-,42-,43-,44+,45-,51+,52-/m0/s1. The maximum absolute atomic E-state index is 14.1. The molecule has 5 aromatic carbocycles. The Kier molecular flexibility index (Phi) is 11.5. The number of likely N-dealkylation sites (tertiary alicyclic amines) is 1. The zero-order valence-corrected chi connectivity index (χ0v) is 35.9. The lowest BCUT2D eigenvalue weighted by Crippen LogP contribution is -2.67. The van der Waals surface area contributed by atoms with Crippen molar-refractivity contribution in [1.29, 1.82) is 0 Å². The van der Waals surface area contributed by atoms with E-state index in [1.807, 2.05) is 18.2 Å². The van der Waals surface area contributed by atoms with E-state index in [1.54, 1.807) is 97.1 Å². The van der Waals surface area contributed by atoms with Crippen LogP contribution in [-0.4, -0.2) is 104 Å². The molecule has 0 aromatic heterocycles. The largest absolute Gasteiger partial charge is 0.482 e. The number of carbonyl (C=O) groups is 5. The van der Waals surface area contributed by atoms with Crippen molar-refractivity contribution in [3.8, 4) is 11.5 Å². The van der Waals surface area contributed by atoms with Crippen LogP contribution in [0.1, 0.15) is 59.0 Å². The van der Waals surface area contributed by atoms with Gasteiger partial charge in [0.1, 0.15) is 12.2 Å². The molecule has 2 saturated heterocycles. The molecule has 3 heterocycles. The van der Waals surface area contributed by atoms with Crippen LogP contribution in [0.2, 0.25) is 0 Å². The summed E-state index contributed by atoms with van der Waals surface area (Å²) in [5.74, 6) is -3.48. The molecule has 2 fully saturated rings. The lowest BCUT2D eigenvalue weighted by Gasteiger charge is -2.57. The summed E-state index contributed by atoms with van der Waals surface area (Å²) in [6.07, 6.45) is -4.89. The van der Waals surface area contributed by atoms with Crippen molar-refractivity contribution in [3.05, 3.63) is 179 Å². The second kappa shape index (κ2) is 17.7. The van der Waals surface area contributed by atoms with Crippen LogP contribution in [0, 0.1) is 5.92 Å². The van der Waals surface area contributed by atoms with E-state index in [9.17, 15) is 24.0 Å². The maximum atomic E-state index is 14.1. The highest BCUT2D eigenvalue weighted by atomic mass is 16.7. The van der Waals surface area contributed by atoms with Crippen LogP contribution < -0.4 is 9.47 Å². The van der Waals surface area contributed by atoms with Crippen molar-refractivity contribution in [2.45, 2.75) is 67.2 Å². The van der Waals surface area contributed by atoms with Crippen molar-refractivity contribution in [1.82, 2.24) is 4.90 Å². The molecule has 14 heteroatoms. The molecule has 66 heavy (non-hydrogen) atoms. The normalized spacial score (nSPS) is 27.9. The van der Waals surface area contributed by atoms with Crippen LogP contribution in [0.25, 0.3) is 0 Å². The first-order valence-corrected chi connectivity index (χ1v) is 21.8. The van der Waals surface area contributed by atoms with Gasteiger partial charge in [0.25, 0.3) is 0 Å². The minimum Gasteiger partial charge on any atom is -0.482 e. The molecule has 14 nitrogen and oxygen atoms in total. The third kappa shape index (κ3) is 7.60. The number of rotatable bonds is 11. The molecule has 0 N–H and O–H groups in total. The van der Waals surface area contributed by atoms with E-state index < -0.39 is 78.2 Å². The van der Waals surface area contributed by atoms with Crippen LogP contribution in [0.3, 0.4) is 0 Å². The van der Waals surface area contributed by atoms with Gasteiger partial charge < -0.3 is 42.8 Å². The first kappa shape index (κ1) is 42.8. The molecular weight excluding hydrogens is 847 g/mol. The van der Waals surface area contributed by atoms with Gasteiger partial charge in [-0.05, 0) is 86.6 Å². The van der Waals surface area contributed by atoms with Crippen molar-refractivity contribution >= 4 is 29.8 Å². The molecule has 0 radical (unpaired) electrons. The van der Waals surface area contributed by atoms with E-state index in [1.165, 1.54) is 24.3 Å². The monoisotopic (exact) mass is 891 g/mol. The minimum atomic E-state index is -1.76. The molecule has 0 unspecified atom stereocenters. The molecule has 10 atom stereocenters. The smallest absolute Gasteiger partial charge is 0.343 e. The summed E-state index contributed by atoms with van der Waals surface area (Å²) in [4.78, 5) is 71.8. The quantitative estimate of drug-likeness (QED) is 0.0628. The van der Waals surface area contributed by atoms with Gasteiger partial charge in [-0.3, -0.25) is 0 Å². The zero-order valence-electron chi connectivity index (χ0n) is 35.9. The summed E-state index contributed by atoms with van der Waals surface area (Å²) < 4.78 is 50.2. The molecule has 0 saturated carbocycles. The van der Waals surface area contributed by atoms with Gasteiger partial charge in [-0.1, -0.05) is 91.0 Å². The van der Waals surface area contributed by atoms with E-state index in [0.29, 0.717) is 17.7 Å². The molecule has 1 spiro atoms. The van der Waals surface area contributed by atoms with Crippen molar-refractivity contribution in [2.24, 2.45) is 5.92 Å². The average molecular weight is 892 g/mol. The fourth-order valence-electron chi connectivity index (χ4n) is 10.2. The van der Waals surface area contributed by atoms with Gasteiger partial charge in [-0.15, -0.1) is 0 Å². The summed E-state index contributed by atoms with van der Waals surface area (Å²) in [7, 11) is 3.24. The lowest BCUT2D eigenvalue weighted by atomic mass is 9.53. The van der Waals surface area contributed by atoms with E-state index in [0.717, 1.165) is 31.2 Å². The van der Waals surface area contributed by atoms with Crippen molar-refractivity contribution in [2.75, 3.05) is 20.7 Å². The molecule has 3 aliphatic heterocycles. The SMILES string of the molecule is COC(=O)[C@H]1O[C@@H](O[C@H]2C=C[C@H]3[C@H]4Cc5ccc(OC(=O)c6ccccc6)c6c5[C@@]3(CCN4C)[C@H]2O6)[C@H](OC(=O)c2ccccc2)[C@@H](OC(=O)c2ccccc2)[C@@H]1OC(=O)c1ccccc1. The first-order chi connectivity index (χ1) is 32.1. The number of hydrogen-bond acceptors (Lipinski definition) is 14. The summed E-state index contributed by atoms with van der Waals surface area (Å²) in [5, 5.41) is 0. The third-order valence-corrected chi connectivity index (χ3v) is 13.3. The highest BCUT2D eigenvalue weighted by molar-refractivity contribution is 5.92. The Bertz CT molecular complexity index is 2680. The number of piperidine rings is 1. The predicted molar refractivity (Wildman–Crippen MR) is 234 cm³/mol. The van der Waals surface area contributed by atoms with Crippen LogP contribution in [0.4, 0.5) is 0 Å². The fourth-order valence-corrected chi connectivity index (χ4v) is 10.2. The van der Waals surface area contributed by atoms with Crippen LogP contribution in [0.15, 0.2) is 146 Å². The van der Waals surface area contributed by atoms with Crippen LogP contribution >= 0.6 is 0 Å². The molecule has 0 amide bonds. The molecule has 2 bridgehead atoms. The summed E-state index contributed by atoms with van der Waals surface area (Å²) in [5.41, 5.74) is 2.09. The van der Waals surface area contributed by atoms with Gasteiger partial charge in [0.2, 0.25) is 6.29 Å². The average Bonchev–Trinajstić information content (AvgIpc) is 3.72. The number of carbonyl (C=O) groups excluding carboxylic acids is 5. The Balaban J connectivity index is 1.06. The minimum absolute atomic E-state index is 0.0434. The highest BCUT2D eigenvalue weighted by Crippen LogP contribution is 2.63. The molecule has 5 aliphatic rings. The number of likely N-dealkylation sites (N-methyl/N-ethyl adjacent to an activating group) is 1. The number of hydrogen-bond donors (Lipinski definition) is 0. The Labute approximate surface area is 379 Å². The molecule has 2 aliphatic carbocycles. The molecule has 336 valence electrons. The van der Waals surface area contributed by atoms with Crippen LogP contribution in [-0.2, 0) is 45.1 Å². The number of benzene rings is 5. The van der Waals surface area contributed by atoms with Crippen LogP contribution in [0.5, 0.6) is 11.5 Å². The van der Waals surface area contributed by atoms with Gasteiger partial charge >= 0.3 is 29.8 Å². The van der Waals surface area contributed by atoms with Crippen molar-refractivity contribution < 1.29 is 61.9 Å². The lowest BCUT2D eigenvalue weighted by molar-refractivity contribution is -0.305. The van der Waals surface area contributed by atoms with Gasteiger partial charge in [0, 0.05) is 22.9 Å². The van der Waals surface area contributed by atoms with E-state index in [2.05, 4.69) is 18.0 Å². The maximum Gasteiger partial charge on any atom is 0.343 e. The van der Waals surface area contributed by atoms with Gasteiger partial charge in [-0.25, -0.2) is 24.0 Å². The summed E-state index contributed by atoms with van der Waals surface area (Å²) >= 11 is 0. The molecule has 5 aromatic rings. The summed E-state index contributed by atoms with van der Waals surface area (Å²) in [6, 6.07) is 36.8. The predicted octanol–water partition coefficient (Wildman–Crippen LogP) is 6.31.